The maximum atomic E-state index is 13.4. The Morgan fingerprint density at radius 3 is 1.07 bits per heavy atom. The molecule has 0 bridgehead atoms. The summed E-state index contributed by atoms with van der Waals surface area (Å²) >= 11 is 6.09. The zero-order valence-electron chi connectivity index (χ0n) is 50.9. The number of carbonyl (C=O) groups is 2. The number of rotatable bonds is 21. The van der Waals surface area contributed by atoms with E-state index in [2.05, 4.69) is 76.8 Å². The van der Waals surface area contributed by atoms with Gasteiger partial charge in [0.15, 0.2) is 27.9 Å². The van der Waals surface area contributed by atoms with Crippen LogP contribution in [0.1, 0.15) is 112 Å². The third-order valence-corrected chi connectivity index (χ3v) is 15.3. The topological polar surface area (TPSA) is 312 Å². The molecule has 0 atom stereocenters. The molecule has 0 aliphatic heterocycles. The first-order valence-corrected chi connectivity index (χ1v) is 30.1. The highest BCUT2D eigenvalue weighted by Crippen LogP contribution is 2.37. The van der Waals surface area contributed by atoms with E-state index in [1.54, 1.807) is 23.6 Å². The number of carboxylic acids is 2. The van der Waals surface area contributed by atoms with Gasteiger partial charge >= 0.3 is 24.3 Å². The number of tetrazole rings is 3. The molecule has 12 aromatic rings. The monoisotopic (exact) mass is 1320 g/mol. The smallest absolute Gasteiger partial charge is 0.435 e. The fourth-order valence-corrected chi connectivity index (χ4v) is 11.1. The Balaban J connectivity index is 0.000000155. The number of nitrogens with zero attached hydrogens (tertiary/aromatic N) is 15. The fraction of sp³-hybridized carbons (Fsp3) is 0.231. The molecule has 0 radical (unpaired) electrons. The molecular formula is C65H59ClF6N18O5. The summed E-state index contributed by atoms with van der Waals surface area (Å²) in [6, 6.07) is 45.5. The molecule has 0 aliphatic carbocycles. The lowest BCUT2D eigenvalue weighted by Crippen LogP contribution is -2.17. The van der Waals surface area contributed by atoms with Crippen molar-refractivity contribution in [3.8, 4) is 67.5 Å². The van der Waals surface area contributed by atoms with E-state index < -0.39 is 48.0 Å². The van der Waals surface area contributed by atoms with Crippen molar-refractivity contribution < 1.29 is 51.3 Å². The van der Waals surface area contributed by atoms with Gasteiger partial charge in [0.05, 0.1) is 12.3 Å². The highest BCUT2D eigenvalue weighted by Gasteiger charge is 2.42. The molecule has 0 saturated carbocycles. The SMILES string of the molecule is CCCc1nc(C(F)(F)F)c(C(=O)O)n1Cc1ccc(-c2ccccc2-c2nn[nH]n2)cc1.CCCc1nc(C(F)(F)F)c(CO)n1Cc1ccc(-c2ccccc2-c2nn[nH]n2)cc1.CCCc1nc(Cl)c(C(=O)O)n1Cc1ccc(-c2ccccc2-c2nn[nH]n2)cc1. The summed E-state index contributed by atoms with van der Waals surface area (Å²) in [6.45, 7) is 5.46. The molecule has 6 aromatic heterocycles. The van der Waals surface area contributed by atoms with Crippen molar-refractivity contribution in [1.29, 1.82) is 0 Å². The number of aliphatic hydroxyl groups excluding tert-OH is 1. The van der Waals surface area contributed by atoms with Gasteiger partial charge in [-0.15, -0.1) is 30.6 Å². The van der Waals surface area contributed by atoms with E-state index in [0.717, 1.165) is 72.2 Å². The average Bonchev–Trinajstić information content (AvgIpc) is 1.67. The third kappa shape index (κ3) is 15.4. The highest BCUT2D eigenvalue weighted by molar-refractivity contribution is 6.32. The number of carboxylic acid groups (broad SMARTS) is 2. The van der Waals surface area contributed by atoms with Crippen LogP contribution in [0.25, 0.3) is 67.5 Å². The van der Waals surface area contributed by atoms with Crippen molar-refractivity contribution in [1.82, 2.24) is 90.5 Å². The summed E-state index contributed by atoms with van der Waals surface area (Å²) in [5.74, 6) is -0.236. The number of H-pyrrole nitrogens is 3. The number of aromatic nitrogens is 18. The molecule has 0 unspecified atom stereocenters. The van der Waals surface area contributed by atoms with Crippen LogP contribution in [0.2, 0.25) is 5.15 Å². The van der Waals surface area contributed by atoms with Crippen molar-refractivity contribution >= 4 is 23.5 Å². The van der Waals surface area contributed by atoms with Gasteiger partial charge in [-0.3, -0.25) is 0 Å². The first-order valence-electron chi connectivity index (χ1n) is 29.7. The van der Waals surface area contributed by atoms with Gasteiger partial charge in [-0.2, -0.15) is 42.0 Å². The third-order valence-electron chi connectivity index (χ3n) is 15.1. The number of hydrogen-bond donors (Lipinski definition) is 6. The van der Waals surface area contributed by atoms with Gasteiger partial charge in [-0.25, -0.2) is 24.5 Å². The summed E-state index contributed by atoms with van der Waals surface area (Å²) < 4.78 is 84.7. The van der Waals surface area contributed by atoms with Gasteiger partial charge < -0.3 is 29.0 Å². The van der Waals surface area contributed by atoms with Gasteiger partial charge in [-0.05, 0) is 85.0 Å². The van der Waals surface area contributed by atoms with E-state index >= 15 is 0 Å². The van der Waals surface area contributed by atoms with E-state index in [0.29, 0.717) is 66.9 Å². The normalized spacial score (nSPS) is 11.5. The van der Waals surface area contributed by atoms with Crippen LogP contribution in [0.3, 0.4) is 0 Å². The number of hydrogen-bond acceptors (Lipinski definition) is 15. The van der Waals surface area contributed by atoms with Crippen molar-refractivity contribution in [3.63, 3.8) is 0 Å². The molecule has 0 amide bonds. The van der Waals surface area contributed by atoms with E-state index in [1.807, 2.05) is 147 Å². The number of imidazole rings is 3. The maximum absolute atomic E-state index is 13.4. The van der Waals surface area contributed by atoms with Crippen molar-refractivity contribution in [2.24, 2.45) is 0 Å². The van der Waals surface area contributed by atoms with Crippen LogP contribution >= 0.6 is 11.6 Å². The van der Waals surface area contributed by atoms with Gasteiger partial charge in [0.1, 0.15) is 17.5 Å². The lowest BCUT2D eigenvalue weighted by Gasteiger charge is -2.13. The Hall–Kier alpha value is -11.1. The Kier molecular flexibility index (Phi) is 20.9. The average molecular weight is 1320 g/mol. The highest BCUT2D eigenvalue weighted by atomic mass is 35.5. The minimum Gasteiger partial charge on any atom is -0.477 e. The van der Waals surface area contributed by atoms with Gasteiger partial charge in [-0.1, -0.05) is 178 Å². The summed E-state index contributed by atoms with van der Waals surface area (Å²) in [7, 11) is 0. The van der Waals surface area contributed by atoms with Crippen LogP contribution in [0.5, 0.6) is 0 Å². The van der Waals surface area contributed by atoms with Crippen molar-refractivity contribution in [3.05, 3.63) is 213 Å². The summed E-state index contributed by atoms with van der Waals surface area (Å²) in [6.07, 6.45) is -6.18. The Bertz CT molecular complexity index is 4540. The van der Waals surface area contributed by atoms with Crippen LogP contribution in [0.4, 0.5) is 26.3 Å². The number of benzene rings is 6. The number of aromatic amines is 3. The molecule has 0 aliphatic rings. The van der Waals surface area contributed by atoms with E-state index in [-0.39, 0.29) is 41.9 Å². The number of halogens is 7. The van der Waals surface area contributed by atoms with Crippen LogP contribution in [0.15, 0.2) is 146 Å². The quantitative estimate of drug-likeness (QED) is 0.0364. The standard InChI is InChI=1S/C22H19F3N6O2.C22H21F3N6O.C21H19ClN6O2/c1-2-5-17-26-19(22(23,24)25)18(21(32)33)31(17)12-13-8-10-14(11-9-13)15-6-3-4-7-16(15)20-27-29-30-28-20;1-2-5-19-26-20(22(23,24)25)18(13-32)31(19)12-14-8-10-15(11-9-14)16-6-3-4-7-17(16)21-27-29-30-28-21;1-2-5-17-23-19(22)18(21(29)30)28(17)12-13-8-10-14(11-9-13)15-6-3-4-7-16(15)20-24-26-27-25-20/h3-4,6-11H,2,5,12H2,1H3,(H,32,33)(H,27,28,29,30);3-4,6-11,32H,2,5,12-13H2,1H3,(H,27,28,29,30);3-4,6-11H,2,5,12H2,1H3,(H,29,30)(H,24,25,26,27). The number of nitrogens with one attached hydrogen (secondary N) is 3. The Morgan fingerprint density at radius 1 is 0.442 bits per heavy atom. The molecule has 23 nitrogen and oxygen atoms in total. The summed E-state index contributed by atoms with van der Waals surface area (Å²) in [5, 5.41) is 71.2. The predicted molar refractivity (Wildman–Crippen MR) is 336 cm³/mol. The molecule has 95 heavy (non-hydrogen) atoms. The zero-order valence-corrected chi connectivity index (χ0v) is 51.7. The Morgan fingerprint density at radius 2 is 0.758 bits per heavy atom. The number of aliphatic hydroxyl groups is 1. The molecule has 6 heterocycles. The fourth-order valence-electron chi connectivity index (χ4n) is 10.8. The molecule has 0 fully saturated rings. The number of aryl methyl sites for hydroxylation is 3. The predicted octanol–water partition coefficient (Wildman–Crippen LogP) is 12.8. The second-order valence-corrected chi connectivity index (χ2v) is 21.8. The number of alkyl halides is 6. The van der Waals surface area contributed by atoms with Crippen LogP contribution in [-0.4, -0.2) is 118 Å². The van der Waals surface area contributed by atoms with Crippen molar-refractivity contribution in [2.45, 2.75) is 97.9 Å². The van der Waals surface area contributed by atoms with Gasteiger partial charge in [0.25, 0.3) is 0 Å². The molecule has 0 saturated heterocycles. The summed E-state index contributed by atoms with van der Waals surface area (Å²) in [5.41, 5.74) is 6.89. The lowest BCUT2D eigenvalue weighted by molar-refractivity contribution is -0.142. The summed E-state index contributed by atoms with van der Waals surface area (Å²) in [4.78, 5) is 35.1. The molecule has 12 rings (SSSR count). The maximum Gasteiger partial charge on any atom is 0.435 e. The van der Waals surface area contributed by atoms with Crippen molar-refractivity contribution in [2.75, 3.05) is 0 Å². The van der Waals surface area contributed by atoms with E-state index in [9.17, 15) is 51.3 Å². The first kappa shape index (κ1) is 66.8. The lowest BCUT2D eigenvalue weighted by atomic mass is 9.98. The second-order valence-electron chi connectivity index (χ2n) is 21.4. The van der Waals surface area contributed by atoms with E-state index in [4.69, 9.17) is 11.6 Å². The van der Waals surface area contributed by atoms with E-state index in [1.165, 1.54) is 4.57 Å². The Labute approximate surface area is 542 Å². The molecule has 30 heteroatoms. The molecule has 0 spiro atoms. The van der Waals surface area contributed by atoms with Gasteiger partial charge in [0.2, 0.25) is 17.5 Å². The van der Waals surface area contributed by atoms with Crippen LogP contribution in [0, 0.1) is 0 Å². The zero-order chi connectivity index (χ0) is 67.4. The van der Waals surface area contributed by atoms with Gasteiger partial charge in [0, 0.05) is 55.6 Å². The first-order chi connectivity index (χ1) is 45.8. The minimum absolute atomic E-state index is 0.0200. The largest absolute Gasteiger partial charge is 0.477 e. The molecular weight excluding hydrogens is 1260 g/mol. The second kappa shape index (κ2) is 29.7. The minimum atomic E-state index is -4.86. The molecule has 6 N–H and O–H groups in total. The van der Waals surface area contributed by atoms with Crippen LogP contribution in [-0.2, 0) is 57.9 Å². The van der Waals surface area contributed by atoms with Crippen LogP contribution < -0.4 is 0 Å². The number of aromatic carboxylic acids is 2. The molecule has 488 valence electrons. The molecule has 6 aromatic carbocycles.